The number of likely N-dealkylation sites (tertiary alicyclic amines) is 2. The number of alkyl carbamates (subject to hydrolysis) is 1. The van der Waals surface area contributed by atoms with Gasteiger partial charge in [-0.15, -0.1) is 0 Å². The highest BCUT2D eigenvalue weighted by Gasteiger charge is 2.40. The van der Waals surface area contributed by atoms with Crippen molar-refractivity contribution >= 4 is 47.5 Å². The highest BCUT2D eigenvalue weighted by atomic mass is 35.5. The average molecular weight is 792 g/mol. The number of benzene rings is 2. The Morgan fingerprint density at radius 2 is 1.49 bits per heavy atom. The first kappa shape index (κ1) is 38.4. The lowest BCUT2D eigenvalue weighted by Crippen LogP contribution is -2.51. The van der Waals surface area contributed by atoms with Crippen molar-refractivity contribution in [3.8, 4) is 33.6 Å². The van der Waals surface area contributed by atoms with E-state index in [-0.39, 0.29) is 42.4 Å². The standard InChI is InChI=1S/C39H44Cl2N8O6/c1-22-7-16-29(49(22)30(51)19-42-39(53)54-2)37-45-32(35(41)47-37)26-14-10-24(11-15-26)23-8-12-25(13-9-23)31-34(40)46-36(44-31)28-6-3-17-48(28)38(52)33(43-21-50)27-5-4-18-55-20-27/h8-15,21-22,27-29,33H,3-7,16-20H2,1-2H3,(H,42,53)(H,43,50)(H,44,46)(H,45,47)/t22-,27?,28?,29?,33-/m1/s1. The number of nitrogens with one attached hydrogen (secondary N) is 4. The SMILES string of the molecule is COC(=O)NCC(=O)N1C(c2nc(-c3ccc(-c4ccc(-c5nc(C6CCCN6C(=O)[C@H](NC=O)C6CCCOC6)[nH]c5Cl)cc4)cc3)c(Cl)[nH]2)CC[C@H]1C. The second-order valence-electron chi connectivity index (χ2n) is 14.2. The van der Waals surface area contributed by atoms with E-state index in [2.05, 4.69) is 25.3 Å². The Bertz CT molecular complexity index is 2010. The Morgan fingerprint density at radius 3 is 2.05 bits per heavy atom. The number of nitrogens with zero attached hydrogens (tertiary/aromatic N) is 4. The summed E-state index contributed by atoms with van der Waals surface area (Å²) in [5, 5.41) is 5.99. The number of hydrogen-bond acceptors (Lipinski definition) is 8. The summed E-state index contributed by atoms with van der Waals surface area (Å²) in [4.78, 5) is 69.4. The summed E-state index contributed by atoms with van der Waals surface area (Å²) < 4.78 is 10.2. The molecule has 4 aromatic rings. The summed E-state index contributed by atoms with van der Waals surface area (Å²) in [6.07, 6.45) is 4.66. The van der Waals surface area contributed by atoms with Gasteiger partial charge in [-0.25, -0.2) is 14.8 Å². The number of methoxy groups -OCH3 is 1. The number of hydrogen-bond donors (Lipinski definition) is 4. The Labute approximate surface area is 328 Å². The van der Waals surface area contributed by atoms with E-state index >= 15 is 0 Å². The van der Waals surface area contributed by atoms with Crippen molar-refractivity contribution in [3.63, 3.8) is 0 Å². The van der Waals surface area contributed by atoms with Gasteiger partial charge in [0.15, 0.2) is 0 Å². The number of carbonyl (C=O) groups excluding carboxylic acids is 4. The van der Waals surface area contributed by atoms with E-state index in [9.17, 15) is 19.2 Å². The van der Waals surface area contributed by atoms with Crippen LogP contribution in [-0.4, -0.2) is 99.6 Å². The lowest BCUT2D eigenvalue weighted by molar-refractivity contribution is -0.139. The molecule has 3 aliphatic rings. The third-order valence-corrected chi connectivity index (χ3v) is 11.4. The van der Waals surface area contributed by atoms with E-state index in [1.54, 1.807) is 9.80 Å². The molecule has 3 fully saturated rings. The van der Waals surface area contributed by atoms with Crippen molar-refractivity contribution in [1.29, 1.82) is 0 Å². The van der Waals surface area contributed by atoms with Crippen molar-refractivity contribution in [2.24, 2.45) is 5.92 Å². The third kappa shape index (κ3) is 8.07. The maximum Gasteiger partial charge on any atom is 0.407 e. The van der Waals surface area contributed by atoms with Crippen molar-refractivity contribution < 1.29 is 28.7 Å². The van der Waals surface area contributed by atoms with Gasteiger partial charge in [0.2, 0.25) is 18.2 Å². The molecule has 55 heavy (non-hydrogen) atoms. The minimum atomic E-state index is -0.664. The second kappa shape index (κ2) is 16.8. The molecule has 3 aliphatic heterocycles. The Kier molecular flexibility index (Phi) is 11.7. The number of carbonyl (C=O) groups is 4. The number of ether oxygens (including phenoxy) is 2. The van der Waals surface area contributed by atoms with E-state index < -0.39 is 12.1 Å². The third-order valence-electron chi connectivity index (χ3n) is 10.9. The molecule has 2 aromatic carbocycles. The number of halogens is 2. The van der Waals surface area contributed by atoms with Crippen LogP contribution in [0, 0.1) is 5.92 Å². The topological polar surface area (TPSA) is 175 Å². The van der Waals surface area contributed by atoms with Gasteiger partial charge >= 0.3 is 6.09 Å². The van der Waals surface area contributed by atoms with Crippen LogP contribution in [0.1, 0.15) is 69.2 Å². The van der Waals surface area contributed by atoms with Crippen molar-refractivity contribution in [2.75, 3.05) is 33.4 Å². The predicted molar refractivity (Wildman–Crippen MR) is 206 cm³/mol. The Hall–Kier alpha value is -4.92. The zero-order valence-corrected chi connectivity index (χ0v) is 32.2. The van der Waals surface area contributed by atoms with Gasteiger partial charge < -0.3 is 39.9 Å². The maximum absolute atomic E-state index is 13.8. The fourth-order valence-corrected chi connectivity index (χ4v) is 8.56. The smallest absolute Gasteiger partial charge is 0.407 e. The molecular weight excluding hydrogens is 747 g/mol. The number of amides is 4. The molecule has 0 aliphatic carbocycles. The molecule has 0 saturated carbocycles. The van der Waals surface area contributed by atoms with Gasteiger partial charge in [-0.05, 0) is 56.6 Å². The molecule has 2 aromatic heterocycles. The Morgan fingerprint density at radius 1 is 0.891 bits per heavy atom. The van der Waals surface area contributed by atoms with Gasteiger partial charge in [-0.2, -0.15) is 0 Å². The molecule has 290 valence electrons. The molecule has 5 atom stereocenters. The van der Waals surface area contributed by atoms with Crippen LogP contribution in [0.15, 0.2) is 48.5 Å². The Balaban J connectivity index is 1.03. The van der Waals surface area contributed by atoms with Gasteiger partial charge in [0.25, 0.3) is 0 Å². The number of H-pyrrole nitrogens is 2. The summed E-state index contributed by atoms with van der Waals surface area (Å²) in [5.74, 6) is 0.785. The predicted octanol–water partition coefficient (Wildman–Crippen LogP) is 6.05. The van der Waals surface area contributed by atoms with E-state index in [0.717, 1.165) is 54.4 Å². The molecule has 3 unspecified atom stereocenters. The van der Waals surface area contributed by atoms with Gasteiger partial charge in [-0.1, -0.05) is 71.7 Å². The zero-order chi connectivity index (χ0) is 38.6. The summed E-state index contributed by atoms with van der Waals surface area (Å²) in [7, 11) is 1.25. The van der Waals surface area contributed by atoms with Gasteiger partial charge in [-0.3, -0.25) is 14.4 Å². The fourth-order valence-electron chi connectivity index (χ4n) is 8.07. The number of aromatic amines is 2. The molecule has 14 nitrogen and oxygen atoms in total. The van der Waals surface area contributed by atoms with E-state index in [1.165, 1.54) is 7.11 Å². The maximum atomic E-state index is 13.8. The number of aromatic nitrogens is 4. The van der Waals surface area contributed by atoms with E-state index in [1.807, 2.05) is 55.5 Å². The first-order valence-corrected chi connectivity index (χ1v) is 19.3. The van der Waals surface area contributed by atoms with Crippen molar-refractivity contribution in [3.05, 3.63) is 70.5 Å². The van der Waals surface area contributed by atoms with Crippen molar-refractivity contribution in [2.45, 2.75) is 69.6 Å². The minimum Gasteiger partial charge on any atom is -0.453 e. The highest BCUT2D eigenvalue weighted by Crippen LogP contribution is 2.39. The number of imidazole rings is 2. The normalized spacial score (nSPS) is 21.7. The van der Waals surface area contributed by atoms with Crippen LogP contribution in [-0.2, 0) is 23.9 Å². The molecule has 4 amide bonds. The van der Waals surface area contributed by atoms with E-state index in [4.69, 9.17) is 37.9 Å². The van der Waals surface area contributed by atoms with E-state index in [0.29, 0.717) is 65.9 Å². The second-order valence-corrected chi connectivity index (χ2v) is 15.0. The van der Waals surface area contributed by atoms with Crippen molar-refractivity contribution in [1.82, 2.24) is 40.4 Å². The molecule has 3 saturated heterocycles. The quantitative estimate of drug-likeness (QED) is 0.133. The van der Waals surface area contributed by atoms with Gasteiger partial charge in [0, 0.05) is 36.2 Å². The monoisotopic (exact) mass is 790 g/mol. The first-order valence-electron chi connectivity index (χ1n) is 18.6. The highest BCUT2D eigenvalue weighted by molar-refractivity contribution is 6.32. The molecule has 4 N–H and O–H groups in total. The molecule has 0 radical (unpaired) electrons. The lowest BCUT2D eigenvalue weighted by Gasteiger charge is -2.33. The lowest BCUT2D eigenvalue weighted by atomic mass is 9.92. The molecule has 0 spiro atoms. The van der Waals surface area contributed by atoms with Crippen LogP contribution in [0.25, 0.3) is 33.6 Å². The van der Waals surface area contributed by atoms with Crippen LogP contribution >= 0.6 is 23.2 Å². The largest absolute Gasteiger partial charge is 0.453 e. The molecule has 0 bridgehead atoms. The summed E-state index contributed by atoms with van der Waals surface area (Å²) >= 11 is 13.4. The van der Waals surface area contributed by atoms with Gasteiger partial charge in [0.1, 0.15) is 45.9 Å². The first-order chi connectivity index (χ1) is 26.7. The van der Waals surface area contributed by atoms with Crippen LogP contribution < -0.4 is 10.6 Å². The van der Waals surface area contributed by atoms with Crippen LogP contribution in [0.3, 0.4) is 0 Å². The average Bonchev–Trinajstić information content (AvgIpc) is 4.02. The number of rotatable bonds is 11. The molecule has 5 heterocycles. The minimum absolute atomic E-state index is 0.0258. The van der Waals surface area contributed by atoms with Crippen LogP contribution in [0.5, 0.6) is 0 Å². The zero-order valence-electron chi connectivity index (χ0n) is 30.6. The summed E-state index contributed by atoms with van der Waals surface area (Å²) in [6, 6.07) is 14.6. The van der Waals surface area contributed by atoms with Crippen LogP contribution in [0.2, 0.25) is 10.3 Å². The van der Waals surface area contributed by atoms with Crippen LogP contribution in [0.4, 0.5) is 4.79 Å². The summed E-state index contributed by atoms with van der Waals surface area (Å²) in [5.41, 5.74) is 4.80. The van der Waals surface area contributed by atoms with Gasteiger partial charge in [0.05, 0.1) is 25.8 Å². The molecule has 7 rings (SSSR count). The summed E-state index contributed by atoms with van der Waals surface area (Å²) in [6.45, 7) is 3.48. The fraction of sp³-hybridized carbons (Fsp3) is 0.436. The molecule has 16 heteroatoms. The molecular formula is C39H44Cl2N8O6.